The third-order valence-electron chi connectivity index (χ3n) is 3.58. The number of hydrogen-bond acceptors (Lipinski definition) is 5. The molecular weight excluding hydrogens is 391 g/mol. The lowest BCUT2D eigenvalue weighted by atomic mass is 10.1. The molecule has 2 aromatic carbocycles. The Morgan fingerprint density at radius 3 is 2.48 bits per heavy atom. The summed E-state index contributed by atoms with van der Waals surface area (Å²) in [6, 6.07) is 10.6. The van der Waals surface area contributed by atoms with Crippen LogP contribution in [0.2, 0.25) is 0 Å². The summed E-state index contributed by atoms with van der Waals surface area (Å²) in [6.45, 7) is -0.743. The number of ether oxygens (including phenoxy) is 2. The van der Waals surface area contributed by atoms with Crippen molar-refractivity contribution >= 4 is 23.9 Å². The first-order chi connectivity index (χ1) is 13.7. The van der Waals surface area contributed by atoms with Gasteiger partial charge in [0.2, 0.25) is 0 Å². The van der Waals surface area contributed by atoms with Gasteiger partial charge in [-0.25, -0.2) is 4.79 Å². The third-order valence-corrected chi connectivity index (χ3v) is 3.58. The van der Waals surface area contributed by atoms with Crippen LogP contribution in [0.3, 0.4) is 0 Å². The number of halogens is 3. The van der Waals surface area contributed by atoms with Crippen molar-refractivity contribution in [2.75, 3.05) is 13.7 Å². The number of imide groups is 1. The zero-order valence-corrected chi connectivity index (χ0v) is 15.2. The molecule has 29 heavy (non-hydrogen) atoms. The molecule has 2 rings (SSSR count). The van der Waals surface area contributed by atoms with Crippen molar-refractivity contribution in [2.45, 2.75) is 6.18 Å². The Bertz CT molecular complexity index is 938. The van der Waals surface area contributed by atoms with Crippen molar-refractivity contribution in [1.82, 2.24) is 5.32 Å². The number of nitrogens with one attached hydrogen (secondary N) is 1. The van der Waals surface area contributed by atoms with Crippen LogP contribution in [0.4, 0.5) is 13.2 Å². The van der Waals surface area contributed by atoms with Crippen molar-refractivity contribution in [3.63, 3.8) is 0 Å². The first-order valence-electron chi connectivity index (χ1n) is 8.20. The molecule has 0 spiro atoms. The number of benzene rings is 2. The minimum atomic E-state index is -4.50. The van der Waals surface area contributed by atoms with Gasteiger partial charge in [-0.05, 0) is 35.9 Å². The van der Waals surface area contributed by atoms with Crippen molar-refractivity contribution in [3.8, 4) is 5.75 Å². The van der Waals surface area contributed by atoms with Gasteiger partial charge >= 0.3 is 12.1 Å². The summed E-state index contributed by atoms with van der Waals surface area (Å²) >= 11 is 0. The lowest BCUT2D eigenvalue weighted by Crippen LogP contribution is -2.34. The predicted molar refractivity (Wildman–Crippen MR) is 96.9 cm³/mol. The second-order valence-corrected chi connectivity index (χ2v) is 5.64. The van der Waals surface area contributed by atoms with Gasteiger partial charge in [-0.15, -0.1) is 0 Å². The SMILES string of the molecule is COc1ccccc1C(=O)NC(=O)COC(=O)/C=C/c1cccc(C(F)(F)F)c1. The lowest BCUT2D eigenvalue weighted by Gasteiger charge is -2.08. The molecule has 0 aromatic heterocycles. The maximum atomic E-state index is 12.7. The molecule has 0 heterocycles. The molecule has 0 aliphatic carbocycles. The Labute approximate surface area is 163 Å². The minimum Gasteiger partial charge on any atom is -0.496 e. The first kappa shape index (κ1) is 21.7. The van der Waals surface area contributed by atoms with Gasteiger partial charge in [0, 0.05) is 6.08 Å². The lowest BCUT2D eigenvalue weighted by molar-refractivity contribution is -0.143. The van der Waals surface area contributed by atoms with Crippen molar-refractivity contribution in [2.24, 2.45) is 0 Å². The Morgan fingerprint density at radius 2 is 1.79 bits per heavy atom. The topological polar surface area (TPSA) is 81.7 Å². The smallest absolute Gasteiger partial charge is 0.416 e. The van der Waals surface area contributed by atoms with E-state index >= 15 is 0 Å². The van der Waals surface area contributed by atoms with Crippen molar-refractivity contribution < 1.29 is 37.0 Å². The molecular formula is C20H16F3NO5. The number of esters is 1. The van der Waals surface area contributed by atoms with Crippen LogP contribution in [0.1, 0.15) is 21.5 Å². The second-order valence-electron chi connectivity index (χ2n) is 5.64. The zero-order valence-electron chi connectivity index (χ0n) is 15.2. The van der Waals surface area contributed by atoms with E-state index in [9.17, 15) is 27.6 Å². The molecule has 9 heteroatoms. The minimum absolute atomic E-state index is 0.124. The maximum absolute atomic E-state index is 12.7. The summed E-state index contributed by atoms with van der Waals surface area (Å²) in [4.78, 5) is 35.4. The molecule has 0 aliphatic heterocycles. The molecule has 0 saturated heterocycles. The summed E-state index contributed by atoms with van der Waals surface area (Å²) in [5.74, 6) is -2.30. The standard InChI is InChI=1S/C20H16F3NO5/c1-28-16-8-3-2-7-15(16)19(27)24-17(25)12-29-18(26)10-9-13-5-4-6-14(11-13)20(21,22)23/h2-11H,12H2,1H3,(H,24,25,27)/b10-9+. The second kappa shape index (κ2) is 9.54. The summed E-state index contributed by atoms with van der Waals surface area (Å²) in [5, 5.41) is 2.04. The van der Waals surface area contributed by atoms with Crippen LogP contribution in [-0.2, 0) is 20.5 Å². The first-order valence-corrected chi connectivity index (χ1v) is 8.20. The summed E-state index contributed by atoms with van der Waals surface area (Å²) in [7, 11) is 1.37. The van der Waals surface area contributed by atoms with E-state index < -0.39 is 36.1 Å². The average Bonchev–Trinajstić information content (AvgIpc) is 2.70. The fraction of sp³-hybridized carbons (Fsp3) is 0.150. The summed E-state index contributed by atoms with van der Waals surface area (Å²) < 4.78 is 47.7. The highest BCUT2D eigenvalue weighted by atomic mass is 19.4. The number of carbonyl (C=O) groups is 3. The molecule has 0 fully saturated rings. The van der Waals surface area contributed by atoms with E-state index in [1.165, 1.54) is 31.4 Å². The molecule has 152 valence electrons. The van der Waals surface area contributed by atoms with Gasteiger partial charge in [0.15, 0.2) is 6.61 Å². The maximum Gasteiger partial charge on any atom is 0.416 e. The number of carbonyl (C=O) groups excluding carboxylic acids is 3. The van der Waals surface area contributed by atoms with Crippen LogP contribution in [0.5, 0.6) is 5.75 Å². The molecule has 0 unspecified atom stereocenters. The van der Waals surface area contributed by atoms with E-state index in [0.29, 0.717) is 0 Å². The molecule has 0 radical (unpaired) electrons. The Hall–Kier alpha value is -3.62. The average molecular weight is 407 g/mol. The van der Waals surface area contributed by atoms with Gasteiger partial charge < -0.3 is 9.47 Å². The highest BCUT2D eigenvalue weighted by Gasteiger charge is 2.30. The Kier molecular flexibility index (Phi) is 7.13. The van der Waals surface area contributed by atoms with Crippen molar-refractivity contribution in [1.29, 1.82) is 0 Å². The normalized spacial score (nSPS) is 11.2. The van der Waals surface area contributed by atoms with Gasteiger partial charge in [-0.2, -0.15) is 13.2 Å². The zero-order chi connectivity index (χ0) is 21.4. The third kappa shape index (κ3) is 6.49. The predicted octanol–water partition coefficient (Wildman–Crippen LogP) is 3.23. The van der Waals surface area contributed by atoms with Gasteiger partial charge in [-0.3, -0.25) is 14.9 Å². The van der Waals surface area contributed by atoms with Gasteiger partial charge in [0.25, 0.3) is 11.8 Å². The number of hydrogen-bond donors (Lipinski definition) is 1. The van der Waals surface area contributed by atoms with Gasteiger partial charge in [0.1, 0.15) is 5.75 Å². The quantitative estimate of drug-likeness (QED) is 0.587. The molecule has 0 bridgehead atoms. The van der Waals surface area contributed by atoms with E-state index in [0.717, 1.165) is 24.3 Å². The van der Waals surface area contributed by atoms with Gasteiger partial charge in [-0.1, -0.05) is 24.3 Å². The fourth-order valence-electron chi connectivity index (χ4n) is 2.23. The molecule has 0 atom stereocenters. The van der Waals surface area contributed by atoms with E-state index in [4.69, 9.17) is 4.74 Å². The molecule has 0 aliphatic rings. The number of methoxy groups -OCH3 is 1. The van der Waals surface area contributed by atoms with E-state index in [1.54, 1.807) is 12.1 Å². The highest BCUT2D eigenvalue weighted by molar-refractivity contribution is 6.06. The monoisotopic (exact) mass is 407 g/mol. The Balaban J connectivity index is 1.88. The molecule has 2 amide bonds. The Morgan fingerprint density at radius 1 is 1.07 bits per heavy atom. The van der Waals surface area contributed by atoms with Crippen LogP contribution in [0, 0.1) is 0 Å². The van der Waals surface area contributed by atoms with Crippen LogP contribution in [0.25, 0.3) is 6.08 Å². The van der Waals surface area contributed by atoms with E-state index in [1.807, 2.05) is 5.32 Å². The largest absolute Gasteiger partial charge is 0.496 e. The summed E-state index contributed by atoms with van der Waals surface area (Å²) in [6.07, 6.45) is -2.50. The number of amides is 2. The van der Waals surface area contributed by atoms with Crippen molar-refractivity contribution in [3.05, 3.63) is 71.3 Å². The van der Waals surface area contributed by atoms with E-state index in [2.05, 4.69) is 4.74 Å². The van der Waals surface area contributed by atoms with Crippen LogP contribution in [-0.4, -0.2) is 31.5 Å². The van der Waals surface area contributed by atoms with Crippen LogP contribution in [0.15, 0.2) is 54.6 Å². The molecule has 6 nitrogen and oxygen atoms in total. The number of para-hydroxylation sites is 1. The van der Waals surface area contributed by atoms with Crippen LogP contribution >= 0.6 is 0 Å². The molecule has 1 N–H and O–H groups in total. The number of alkyl halides is 3. The van der Waals surface area contributed by atoms with Gasteiger partial charge in [0.05, 0.1) is 18.2 Å². The number of rotatable bonds is 6. The highest BCUT2D eigenvalue weighted by Crippen LogP contribution is 2.29. The fourth-order valence-corrected chi connectivity index (χ4v) is 2.23. The van der Waals surface area contributed by atoms with E-state index in [-0.39, 0.29) is 16.9 Å². The van der Waals surface area contributed by atoms with Crippen LogP contribution < -0.4 is 10.1 Å². The summed E-state index contributed by atoms with van der Waals surface area (Å²) in [5.41, 5.74) is -0.603. The molecule has 0 saturated carbocycles. The molecule has 2 aromatic rings.